The van der Waals surface area contributed by atoms with Crippen LogP contribution in [0, 0.1) is 5.82 Å². The molecule has 2 heterocycles. The standard InChI is InChI=1S/C15H12BrFN2S/c1-9(19-11-2-3-13(17)12(16)7-11)10-6-15-14(18-8-10)4-5-20-15/h2-9,19H,1H3. The third kappa shape index (κ3) is 2.69. The summed E-state index contributed by atoms with van der Waals surface area (Å²) in [6.07, 6.45) is 1.88. The van der Waals surface area contributed by atoms with E-state index in [4.69, 9.17) is 0 Å². The van der Waals surface area contributed by atoms with Gasteiger partial charge in [0.05, 0.1) is 20.7 Å². The Kier molecular flexibility index (Phi) is 3.72. The number of thiophene rings is 1. The Bertz CT molecular complexity index is 756. The highest BCUT2D eigenvalue weighted by Gasteiger charge is 2.09. The van der Waals surface area contributed by atoms with Crippen LogP contribution >= 0.6 is 27.3 Å². The van der Waals surface area contributed by atoms with Crippen molar-refractivity contribution >= 4 is 43.2 Å². The smallest absolute Gasteiger partial charge is 0.137 e. The highest BCUT2D eigenvalue weighted by atomic mass is 79.9. The third-order valence-corrected chi connectivity index (χ3v) is 4.59. The predicted molar refractivity (Wildman–Crippen MR) is 85.8 cm³/mol. The number of anilines is 1. The largest absolute Gasteiger partial charge is 0.378 e. The minimum Gasteiger partial charge on any atom is -0.378 e. The lowest BCUT2D eigenvalue weighted by Crippen LogP contribution is -2.07. The molecule has 0 bridgehead atoms. The summed E-state index contributed by atoms with van der Waals surface area (Å²) >= 11 is 4.88. The molecule has 0 radical (unpaired) electrons. The normalized spacial score (nSPS) is 12.6. The molecule has 20 heavy (non-hydrogen) atoms. The van der Waals surface area contributed by atoms with Gasteiger partial charge in [-0.15, -0.1) is 11.3 Å². The second-order valence-electron chi connectivity index (χ2n) is 4.57. The molecular weight excluding hydrogens is 339 g/mol. The minimum atomic E-state index is -0.259. The van der Waals surface area contributed by atoms with Crippen LogP contribution in [-0.2, 0) is 0 Å². The molecule has 1 aromatic carbocycles. The van der Waals surface area contributed by atoms with E-state index in [-0.39, 0.29) is 11.9 Å². The van der Waals surface area contributed by atoms with Crippen LogP contribution in [0.4, 0.5) is 10.1 Å². The fourth-order valence-corrected chi connectivity index (χ4v) is 3.19. The Morgan fingerprint density at radius 2 is 2.15 bits per heavy atom. The zero-order chi connectivity index (χ0) is 14.1. The SMILES string of the molecule is CC(Nc1ccc(F)c(Br)c1)c1cnc2ccsc2c1. The zero-order valence-corrected chi connectivity index (χ0v) is 13.1. The van der Waals surface area contributed by atoms with E-state index in [0.29, 0.717) is 4.47 Å². The number of halogens is 2. The molecule has 3 aromatic rings. The van der Waals surface area contributed by atoms with E-state index in [1.807, 2.05) is 17.6 Å². The Morgan fingerprint density at radius 3 is 2.95 bits per heavy atom. The van der Waals surface area contributed by atoms with Gasteiger partial charge in [-0.1, -0.05) is 0 Å². The van der Waals surface area contributed by atoms with Crippen molar-refractivity contribution in [3.05, 3.63) is 57.8 Å². The Balaban J connectivity index is 1.84. The molecule has 2 aromatic heterocycles. The van der Waals surface area contributed by atoms with E-state index in [2.05, 4.69) is 39.2 Å². The van der Waals surface area contributed by atoms with Crippen molar-refractivity contribution in [3.8, 4) is 0 Å². The Labute approximate surface area is 128 Å². The van der Waals surface area contributed by atoms with E-state index in [0.717, 1.165) is 16.8 Å². The van der Waals surface area contributed by atoms with Crippen molar-refractivity contribution < 1.29 is 4.39 Å². The summed E-state index contributed by atoms with van der Waals surface area (Å²) in [7, 11) is 0. The second kappa shape index (κ2) is 5.50. The number of pyridine rings is 1. The molecule has 3 rings (SSSR count). The fraction of sp³-hybridized carbons (Fsp3) is 0.133. The summed E-state index contributed by atoms with van der Waals surface area (Å²) in [5.74, 6) is -0.259. The van der Waals surface area contributed by atoms with E-state index < -0.39 is 0 Å². The van der Waals surface area contributed by atoms with Gasteiger partial charge in [-0.3, -0.25) is 4.98 Å². The van der Waals surface area contributed by atoms with Gasteiger partial charge in [-0.2, -0.15) is 0 Å². The van der Waals surface area contributed by atoms with Crippen molar-refractivity contribution in [3.63, 3.8) is 0 Å². The Morgan fingerprint density at radius 1 is 1.30 bits per heavy atom. The summed E-state index contributed by atoms with van der Waals surface area (Å²) in [5.41, 5.74) is 3.01. The molecule has 0 aliphatic carbocycles. The number of rotatable bonds is 3. The molecule has 0 saturated carbocycles. The molecule has 5 heteroatoms. The van der Waals surface area contributed by atoms with Crippen LogP contribution in [0.1, 0.15) is 18.5 Å². The molecule has 0 spiro atoms. The lowest BCUT2D eigenvalue weighted by molar-refractivity contribution is 0.621. The second-order valence-corrected chi connectivity index (χ2v) is 6.37. The molecular formula is C15H12BrFN2S. The molecule has 0 saturated heterocycles. The fourth-order valence-electron chi connectivity index (χ4n) is 2.02. The third-order valence-electron chi connectivity index (χ3n) is 3.13. The van der Waals surface area contributed by atoms with Crippen LogP contribution < -0.4 is 5.32 Å². The molecule has 102 valence electrons. The quantitative estimate of drug-likeness (QED) is 0.686. The molecule has 1 N–H and O–H groups in total. The van der Waals surface area contributed by atoms with E-state index >= 15 is 0 Å². The van der Waals surface area contributed by atoms with Crippen LogP contribution in [-0.4, -0.2) is 4.98 Å². The molecule has 0 aliphatic heterocycles. The monoisotopic (exact) mass is 350 g/mol. The number of hydrogen-bond donors (Lipinski definition) is 1. The Hall–Kier alpha value is -1.46. The van der Waals surface area contributed by atoms with Crippen molar-refractivity contribution in [2.24, 2.45) is 0 Å². The number of nitrogens with zero attached hydrogens (tertiary/aromatic N) is 1. The van der Waals surface area contributed by atoms with Crippen molar-refractivity contribution in [2.45, 2.75) is 13.0 Å². The first-order valence-electron chi connectivity index (χ1n) is 6.18. The molecule has 0 aliphatic rings. The maximum atomic E-state index is 13.2. The molecule has 1 unspecified atom stereocenters. The van der Waals surface area contributed by atoms with E-state index in [9.17, 15) is 4.39 Å². The van der Waals surface area contributed by atoms with Gasteiger partial charge in [0.2, 0.25) is 0 Å². The summed E-state index contributed by atoms with van der Waals surface area (Å²) in [6.45, 7) is 2.06. The average Bonchev–Trinajstić information content (AvgIpc) is 2.90. The molecule has 0 fully saturated rings. The van der Waals surface area contributed by atoms with E-state index in [1.54, 1.807) is 23.5 Å². The minimum absolute atomic E-state index is 0.103. The van der Waals surface area contributed by atoms with Crippen LogP contribution in [0.2, 0.25) is 0 Å². The van der Waals surface area contributed by atoms with Crippen molar-refractivity contribution in [2.75, 3.05) is 5.32 Å². The van der Waals surface area contributed by atoms with Crippen LogP contribution in [0.3, 0.4) is 0 Å². The molecule has 1 atom stereocenters. The average molecular weight is 351 g/mol. The number of hydrogen-bond acceptors (Lipinski definition) is 3. The van der Waals surface area contributed by atoms with Gasteiger partial charge < -0.3 is 5.32 Å². The predicted octanol–water partition coefficient (Wildman–Crippen LogP) is 5.37. The summed E-state index contributed by atoms with van der Waals surface area (Å²) in [4.78, 5) is 4.44. The van der Waals surface area contributed by atoms with Crippen molar-refractivity contribution in [1.29, 1.82) is 0 Å². The van der Waals surface area contributed by atoms with Crippen LogP contribution in [0.25, 0.3) is 10.2 Å². The van der Waals surface area contributed by atoms with E-state index in [1.165, 1.54) is 10.8 Å². The summed E-state index contributed by atoms with van der Waals surface area (Å²) in [5, 5.41) is 5.39. The van der Waals surface area contributed by atoms with Gasteiger partial charge in [-0.05, 0) is 64.1 Å². The first kappa shape index (κ1) is 13.5. The zero-order valence-electron chi connectivity index (χ0n) is 10.7. The number of benzene rings is 1. The first-order chi connectivity index (χ1) is 9.63. The van der Waals surface area contributed by atoms with Gasteiger partial charge in [0.1, 0.15) is 5.82 Å². The first-order valence-corrected chi connectivity index (χ1v) is 7.85. The molecule has 2 nitrogen and oxygen atoms in total. The number of nitrogens with one attached hydrogen (secondary N) is 1. The lowest BCUT2D eigenvalue weighted by Gasteiger charge is -2.15. The van der Waals surface area contributed by atoms with Gasteiger partial charge in [0.25, 0.3) is 0 Å². The van der Waals surface area contributed by atoms with Crippen molar-refractivity contribution in [1.82, 2.24) is 4.98 Å². The highest BCUT2D eigenvalue weighted by molar-refractivity contribution is 9.10. The van der Waals surface area contributed by atoms with Crippen LogP contribution in [0.5, 0.6) is 0 Å². The van der Waals surface area contributed by atoms with Gasteiger partial charge >= 0.3 is 0 Å². The number of fused-ring (bicyclic) bond motifs is 1. The lowest BCUT2D eigenvalue weighted by atomic mass is 10.1. The summed E-state index contributed by atoms with van der Waals surface area (Å²) < 4.78 is 14.9. The maximum absolute atomic E-state index is 13.2. The topological polar surface area (TPSA) is 24.9 Å². The molecule has 0 amide bonds. The summed E-state index contributed by atoms with van der Waals surface area (Å²) in [6, 6.07) is 9.17. The highest BCUT2D eigenvalue weighted by Crippen LogP contribution is 2.26. The van der Waals surface area contributed by atoms with Gasteiger partial charge in [0.15, 0.2) is 0 Å². The van der Waals surface area contributed by atoms with Crippen LogP contribution in [0.15, 0.2) is 46.4 Å². The number of aromatic nitrogens is 1. The maximum Gasteiger partial charge on any atom is 0.137 e. The van der Waals surface area contributed by atoms with Gasteiger partial charge in [-0.25, -0.2) is 4.39 Å². The van der Waals surface area contributed by atoms with Gasteiger partial charge in [0, 0.05) is 11.9 Å².